The number of aliphatic hydroxyl groups is 4. The van der Waals surface area contributed by atoms with E-state index in [1.54, 1.807) is 36.5 Å². The predicted molar refractivity (Wildman–Crippen MR) is 209 cm³/mol. The number of aliphatic hydroxyl groups excluding tert-OH is 4. The molecule has 51 heavy (non-hydrogen) atoms. The van der Waals surface area contributed by atoms with Gasteiger partial charge in [0, 0.05) is 12.8 Å². The lowest BCUT2D eigenvalue weighted by Crippen LogP contribution is -2.26. The first-order valence-electron chi connectivity index (χ1n) is 20.4. The molecule has 0 radical (unpaired) electrons. The normalized spacial score (nSPS) is 14.7. The van der Waals surface area contributed by atoms with Crippen molar-refractivity contribution in [2.24, 2.45) is 5.92 Å². The third-order valence-electron chi connectivity index (χ3n) is 8.86. The van der Waals surface area contributed by atoms with Gasteiger partial charge < -0.3 is 29.9 Å². The van der Waals surface area contributed by atoms with Crippen LogP contribution in [0.1, 0.15) is 168 Å². The van der Waals surface area contributed by atoms with E-state index in [1.165, 1.54) is 83.1 Å². The molecule has 4 N–H and O–H groups in total. The predicted octanol–water partition coefficient (Wildman–Crippen LogP) is 9.39. The van der Waals surface area contributed by atoms with E-state index in [1.807, 2.05) is 6.08 Å². The summed E-state index contributed by atoms with van der Waals surface area (Å²) < 4.78 is 10.2. The van der Waals surface area contributed by atoms with Crippen molar-refractivity contribution in [3.8, 4) is 0 Å². The van der Waals surface area contributed by atoms with E-state index in [0.717, 1.165) is 50.9 Å². The summed E-state index contributed by atoms with van der Waals surface area (Å²) in [6.07, 6.45) is 34.0. The maximum atomic E-state index is 12.0. The van der Waals surface area contributed by atoms with Crippen molar-refractivity contribution in [2.45, 2.75) is 193 Å². The van der Waals surface area contributed by atoms with E-state index >= 15 is 0 Å². The average Bonchev–Trinajstić information content (AvgIpc) is 3.10. The lowest BCUT2D eigenvalue weighted by atomic mass is 10.0. The second kappa shape index (κ2) is 36.1. The van der Waals surface area contributed by atoms with Crippen molar-refractivity contribution in [3.05, 3.63) is 48.6 Å². The number of esters is 2. The van der Waals surface area contributed by atoms with Crippen LogP contribution in [0.3, 0.4) is 0 Å². The molecule has 0 amide bonds. The number of carbonyl (C=O) groups is 2. The van der Waals surface area contributed by atoms with Gasteiger partial charge in [0.05, 0.1) is 18.3 Å². The highest BCUT2D eigenvalue weighted by atomic mass is 16.6. The first-order valence-corrected chi connectivity index (χ1v) is 20.4. The molecule has 0 heterocycles. The molecule has 0 unspecified atom stereocenters. The lowest BCUT2D eigenvalue weighted by molar-refractivity contribution is -0.152. The fourth-order valence-corrected chi connectivity index (χ4v) is 5.60. The van der Waals surface area contributed by atoms with Crippen LogP contribution in [-0.4, -0.2) is 70.0 Å². The Balaban J connectivity index is 3.74. The van der Waals surface area contributed by atoms with Crippen LogP contribution in [-0.2, 0) is 19.1 Å². The summed E-state index contributed by atoms with van der Waals surface area (Å²) >= 11 is 0. The summed E-state index contributed by atoms with van der Waals surface area (Å²) in [7, 11) is 0. The number of carbonyl (C=O) groups excluding carboxylic acids is 2. The molecule has 0 bridgehead atoms. The minimum atomic E-state index is -1.09. The third kappa shape index (κ3) is 35.9. The summed E-state index contributed by atoms with van der Waals surface area (Å²) in [5.74, 6) is -0.0465. The smallest absolute Gasteiger partial charge is 0.305 e. The van der Waals surface area contributed by atoms with Gasteiger partial charge in [0.15, 0.2) is 0 Å². The zero-order chi connectivity index (χ0) is 37.8. The van der Waals surface area contributed by atoms with Crippen molar-refractivity contribution in [2.75, 3.05) is 13.2 Å². The molecule has 0 aliphatic carbocycles. The minimum absolute atomic E-state index is 0.0320. The van der Waals surface area contributed by atoms with Gasteiger partial charge in [-0.15, -0.1) is 0 Å². The van der Waals surface area contributed by atoms with Crippen LogP contribution in [0.2, 0.25) is 0 Å². The summed E-state index contributed by atoms with van der Waals surface area (Å²) in [6.45, 7) is 6.25. The molecule has 0 saturated carbocycles. The Morgan fingerprint density at radius 2 is 0.941 bits per heavy atom. The molecule has 0 aliphatic heterocycles. The Morgan fingerprint density at radius 3 is 1.45 bits per heavy atom. The topological polar surface area (TPSA) is 134 Å². The zero-order valence-electron chi connectivity index (χ0n) is 32.6. The van der Waals surface area contributed by atoms with Crippen LogP contribution in [0, 0.1) is 5.92 Å². The SMILES string of the molecule is CCCCC[C@@H](O)/C=C/C=C\C=C\C=C\[C@@H](O)[C@H](O)CCCC(=O)OC[C@H](O)COC(=O)CCCCCCCCCCCCCCCCC(C)C. The second-order valence-electron chi connectivity index (χ2n) is 14.5. The minimum Gasteiger partial charge on any atom is -0.463 e. The molecule has 0 aliphatic rings. The molecule has 0 fully saturated rings. The fraction of sp³-hybridized carbons (Fsp3) is 0.767. The molecule has 0 rings (SSSR count). The van der Waals surface area contributed by atoms with Gasteiger partial charge in [-0.1, -0.05) is 179 Å². The van der Waals surface area contributed by atoms with Gasteiger partial charge in [0.1, 0.15) is 19.3 Å². The van der Waals surface area contributed by atoms with Crippen molar-refractivity contribution in [1.29, 1.82) is 0 Å². The lowest BCUT2D eigenvalue weighted by Gasteiger charge is -2.14. The number of hydrogen-bond donors (Lipinski definition) is 4. The molecule has 8 nitrogen and oxygen atoms in total. The number of hydrogen-bond acceptors (Lipinski definition) is 8. The Kier molecular flexibility index (Phi) is 34.5. The molecule has 0 aromatic carbocycles. The first-order chi connectivity index (χ1) is 24.6. The molecular weight excluding hydrogens is 644 g/mol. The standard InChI is InChI=1S/C43H76O8/c1-4-5-22-29-38(44)30-24-19-16-17-20-25-31-40(46)41(47)32-27-34-43(49)51-36-39(45)35-50-42(48)33-26-21-15-13-11-9-7-6-8-10-12-14-18-23-28-37(2)3/h16-17,19-20,24-25,30-31,37-41,44-47H,4-15,18,21-23,26-29,32-36H2,1-3H3/b19-16-,20-17+,30-24+,31-25+/t38-,39-,40-,41-/m1/s1. The molecule has 0 saturated heterocycles. The highest BCUT2D eigenvalue weighted by Gasteiger charge is 2.15. The van der Waals surface area contributed by atoms with Gasteiger partial charge in [0.25, 0.3) is 0 Å². The monoisotopic (exact) mass is 721 g/mol. The molecule has 8 heteroatoms. The number of unbranched alkanes of at least 4 members (excludes halogenated alkanes) is 15. The van der Waals surface area contributed by atoms with E-state index in [4.69, 9.17) is 9.47 Å². The Morgan fingerprint density at radius 1 is 0.510 bits per heavy atom. The van der Waals surface area contributed by atoms with Gasteiger partial charge in [0.2, 0.25) is 0 Å². The largest absolute Gasteiger partial charge is 0.463 e. The highest BCUT2D eigenvalue weighted by Crippen LogP contribution is 2.15. The van der Waals surface area contributed by atoms with Gasteiger partial charge in [-0.25, -0.2) is 0 Å². The van der Waals surface area contributed by atoms with Crippen LogP contribution in [0.25, 0.3) is 0 Å². The van der Waals surface area contributed by atoms with Crippen molar-refractivity contribution in [1.82, 2.24) is 0 Å². The van der Waals surface area contributed by atoms with Gasteiger partial charge in [-0.3, -0.25) is 9.59 Å². The highest BCUT2D eigenvalue weighted by molar-refractivity contribution is 5.69. The van der Waals surface area contributed by atoms with Crippen LogP contribution >= 0.6 is 0 Å². The Hall–Kier alpha value is -2.26. The maximum Gasteiger partial charge on any atom is 0.305 e. The molecule has 296 valence electrons. The van der Waals surface area contributed by atoms with E-state index < -0.39 is 30.4 Å². The summed E-state index contributed by atoms with van der Waals surface area (Å²) in [4.78, 5) is 24.0. The quantitative estimate of drug-likeness (QED) is 0.0289. The summed E-state index contributed by atoms with van der Waals surface area (Å²) in [6, 6.07) is 0. The fourth-order valence-electron chi connectivity index (χ4n) is 5.60. The second-order valence-corrected chi connectivity index (χ2v) is 14.5. The van der Waals surface area contributed by atoms with E-state index in [-0.39, 0.29) is 32.0 Å². The molecule has 4 atom stereocenters. The molecule has 0 aromatic rings. The van der Waals surface area contributed by atoms with E-state index in [0.29, 0.717) is 12.8 Å². The van der Waals surface area contributed by atoms with Gasteiger partial charge in [-0.2, -0.15) is 0 Å². The summed E-state index contributed by atoms with van der Waals surface area (Å²) in [5, 5.41) is 40.1. The maximum absolute atomic E-state index is 12.0. The van der Waals surface area contributed by atoms with Crippen LogP contribution < -0.4 is 0 Å². The average molecular weight is 721 g/mol. The van der Waals surface area contributed by atoms with Gasteiger partial charge in [-0.05, 0) is 31.6 Å². The van der Waals surface area contributed by atoms with Crippen molar-refractivity contribution in [3.63, 3.8) is 0 Å². The third-order valence-corrected chi connectivity index (χ3v) is 8.86. The van der Waals surface area contributed by atoms with Crippen molar-refractivity contribution >= 4 is 11.9 Å². The van der Waals surface area contributed by atoms with Crippen LogP contribution in [0.15, 0.2) is 48.6 Å². The first kappa shape index (κ1) is 48.7. The van der Waals surface area contributed by atoms with E-state index in [2.05, 4.69) is 20.8 Å². The Bertz CT molecular complexity index is 925. The number of allylic oxidation sites excluding steroid dienone is 6. The van der Waals surface area contributed by atoms with Gasteiger partial charge >= 0.3 is 11.9 Å². The molecule has 0 spiro atoms. The van der Waals surface area contributed by atoms with Crippen molar-refractivity contribution < 1.29 is 39.5 Å². The number of rotatable bonds is 35. The van der Waals surface area contributed by atoms with E-state index in [9.17, 15) is 30.0 Å². The molecular formula is C43H76O8. The summed E-state index contributed by atoms with van der Waals surface area (Å²) in [5.41, 5.74) is 0. The Labute approximate surface area is 311 Å². The number of ether oxygens (including phenoxy) is 2. The van der Waals surface area contributed by atoms with Crippen LogP contribution in [0.5, 0.6) is 0 Å². The zero-order valence-corrected chi connectivity index (χ0v) is 32.6. The van der Waals surface area contributed by atoms with Crippen LogP contribution in [0.4, 0.5) is 0 Å². The molecule has 0 aromatic heterocycles.